The molecule has 3 heterocycles. The average molecular weight is 446 g/mol. The number of hydrogen-bond donors (Lipinski definition) is 0. The quantitative estimate of drug-likeness (QED) is 0.504. The Bertz CT molecular complexity index is 995. The van der Waals surface area contributed by atoms with Gasteiger partial charge in [-0.1, -0.05) is 24.3 Å². The summed E-state index contributed by atoms with van der Waals surface area (Å²) in [6.07, 6.45) is 10.7. The Labute approximate surface area is 197 Å². The number of methoxy groups -OCH3 is 1. The van der Waals surface area contributed by atoms with Gasteiger partial charge in [0.05, 0.1) is 6.61 Å². The molecule has 0 N–H and O–H groups in total. The molecule has 6 heteroatoms. The van der Waals surface area contributed by atoms with Crippen molar-refractivity contribution in [2.45, 2.75) is 38.3 Å². The smallest absolute Gasteiger partial charge is 0.233 e. The lowest BCUT2D eigenvalue weighted by Gasteiger charge is -2.38. The third-order valence-corrected chi connectivity index (χ3v) is 7.21. The second-order valence-corrected chi connectivity index (χ2v) is 9.48. The van der Waals surface area contributed by atoms with Gasteiger partial charge in [-0.25, -0.2) is 9.97 Å². The molecule has 1 saturated heterocycles. The van der Waals surface area contributed by atoms with Crippen molar-refractivity contribution in [1.29, 1.82) is 0 Å². The lowest BCUT2D eigenvalue weighted by Crippen LogP contribution is -2.46. The minimum atomic E-state index is 0.671. The highest BCUT2D eigenvalue weighted by molar-refractivity contribution is 5.33. The number of rotatable bonds is 9. The fourth-order valence-corrected chi connectivity index (χ4v) is 5.58. The number of likely N-dealkylation sites (tertiary alicyclic amines) is 1. The fraction of sp³-hybridized carbons (Fsp3) is 0.481. The second-order valence-electron chi connectivity index (χ2n) is 9.48. The van der Waals surface area contributed by atoms with Gasteiger partial charge in [-0.15, -0.1) is 0 Å². The van der Waals surface area contributed by atoms with Gasteiger partial charge in [0.25, 0.3) is 0 Å². The summed E-state index contributed by atoms with van der Waals surface area (Å²) < 4.78 is 7.55. The Balaban J connectivity index is 1.24. The van der Waals surface area contributed by atoms with Crippen LogP contribution in [0.5, 0.6) is 0 Å². The Morgan fingerprint density at radius 3 is 2.58 bits per heavy atom. The summed E-state index contributed by atoms with van der Waals surface area (Å²) in [6.45, 7) is 6.09. The zero-order valence-corrected chi connectivity index (χ0v) is 19.6. The van der Waals surface area contributed by atoms with Crippen LogP contribution in [0, 0.1) is 5.92 Å². The number of piperidine rings is 1. The van der Waals surface area contributed by atoms with Crippen molar-refractivity contribution in [3.63, 3.8) is 0 Å². The predicted octanol–water partition coefficient (Wildman–Crippen LogP) is 3.60. The molecule has 1 aromatic carbocycles. The van der Waals surface area contributed by atoms with E-state index < -0.39 is 0 Å². The Morgan fingerprint density at radius 2 is 1.82 bits per heavy atom. The minimum absolute atomic E-state index is 0.671. The number of aromatic nitrogens is 3. The molecule has 0 radical (unpaired) electrons. The number of fused-ring (bicyclic) bond motifs is 1. The van der Waals surface area contributed by atoms with Crippen LogP contribution < -0.4 is 0 Å². The summed E-state index contributed by atoms with van der Waals surface area (Å²) in [4.78, 5) is 14.2. The first-order chi connectivity index (χ1) is 16.3. The van der Waals surface area contributed by atoms with Crippen LogP contribution in [-0.4, -0.2) is 70.3 Å². The van der Waals surface area contributed by atoms with Gasteiger partial charge in [0.2, 0.25) is 5.95 Å². The van der Waals surface area contributed by atoms with E-state index in [1.807, 2.05) is 6.07 Å². The van der Waals surface area contributed by atoms with Crippen molar-refractivity contribution >= 4 is 0 Å². The van der Waals surface area contributed by atoms with E-state index in [-0.39, 0.29) is 0 Å². The van der Waals surface area contributed by atoms with Crippen LogP contribution in [0.2, 0.25) is 0 Å². The molecule has 1 aliphatic carbocycles. The largest absolute Gasteiger partial charge is 0.383 e. The lowest BCUT2D eigenvalue weighted by molar-refractivity contribution is 0.0837. The summed E-state index contributed by atoms with van der Waals surface area (Å²) in [5.74, 6) is 1.42. The molecular weight excluding hydrogens is 410 g/mol. The number of hydrogen-bond acceptors (Lipinski definition) is 5. The molecule has 174 valence electrons. The third kappa shape index (κ3) is 5.35. The summed E-state index contributed by atoms with van der Waals surface area (Å²) in [5, 5.41) is 0. The predicted molar refractivity (Wildman–Crippen MR) is 130 cm³/mol. The Hall–Kier alpha value is -2.54. The highest BCUT2D eigenvalue weighted by Crippen LogP contribution is 2.29. The molecule has 2 aliphatic rings. The van der Waals surface area contributed by atoms with E-state index in [0.29, 0.717) is 12.0 Å². The lowest BCUT2D eigenvalue weighted by atomic mass is 9.95. The third-order valence-electron chi connectivity index (χ3n) is 7.21. The van der Waals surface area contributed by atoms with Crippen LogP contribution in [-0.2, 0) is 24.1 Å². The molecule has 0 amide bonds. The van der Waals surface area contributed by atoms with Gasteiger partial charge < -0.3 is 4.74 Å². The average Bonchev–Trinajstić information content (AvgIpc) is 3.50. The molecular formula is C27H35N5O. The number of ether oxygens (including phenoxy) is 1. The van der Waals surface area contributed by atoms with E-state index in [0.717, 1.165) is 32.2 Å². The van der Waals surface area contributed by atoms with Gasteiger partial charge in [0.1, 0.15) is 0 Å². The Kier molecular flexibility index (Phi) is 7.15. The van der Waals surface area contributed by atoms with Crippen LogP contribution >= 0.6 is 0 Å². The molecule has 2 aromatic heterocycles. The normalized spacial score (nSPS) is 19.3. The number of nitrogens with zero attached hydrogens (tertiary/aromatic N) is 5. The first kappa shape index (κ1) is 22.3. The molecule has 33 heavy (non-hydrogen) atoms. The first-order valence-electron chi connectivity index (χ1n) is 12.3. The second kappa shape index (κ2) is 10.6. The van der Waals surface area contributed by atoms with Crippen molar-refractivity contribution < 1.29 is 4.74 Å². The maximum Gasteiger partial charge on any atom is 0.233 e. The van der Waals surface area contributed by atoms with Crippen LogP contribution in [0.3, 0.4) is 0 Å². The molecule has 0 spiro atoms. The van der Waals surface area contributed by atoms with E-state index in [1.165, 1.54) is 44.5 Å². The molecule has 0 saturated carbocycles. The zero-order chi connectivity index (χ0) is 22.5. The van der Waals surface area contributed by atoms with E-state index in [1.54, 1.807) is 30.6 Å². The Morgan fingerprint density at radius 1 is 1.03 bits per heavy atom. The summed E-state index contributed by atoms with van der Waals surface area (Å²) in [5.41, 5.74) is 4.32. The van der Waals surface area contributed by atoms with Gasteiger partial charge >= 0.3 is 0 Å². The highest BCUT2D eigenvalue weighted by atomic mass is 16.5. The summed E-state index contributed by atoms with van der Waals surface area (Å²) in [6, 6.07) is 15.8. The summed E-state index contributed by atoms with van der Waals surface area (Å²) >= 11 is 0. The standard InChI is InChI=1S/C27H35N5O/c1-33-16-15-30(21-25-10-5-14-32(25)27-28-11-6-12-29-27)19-22-7-4-13-31(20-22)26-17-23-8-2-3-9-24(23)18-26/h2-3,5-6,8-12,14,22,26H,4,7,13,15-21H2,1H3/t22-/m0/s1. The molecule has 0 unspecified atom stereocenters. The van der Waals surface area contributed by atoms with E-state index in [4.69, 9.17) is 4.74 Å². The van der Waals surface area contributed by atoms with Crippen molar-refractivity contribution in [2.24, 2.45) is 5.92 Å². The van der Waals surface area contributed by atoms with Crippen molar-refractivity contribution in [1.82, 2.24) is 24.3 Å². The zero-order valence-electron chi connectivity index (χ0n) is 19.6. The van der Waals surface area contributed by atoms with Crippen LogP contribution in [0.1, 0.15) is 29.7 Å². The molecule has 3 aromatic rings. The van der Waals surface area contributed by atoms with Crippen molar-refractivity contribution in [3.05, 3.63) is 77.9 Å². The maximum atomic E-state index is 5.45. The van der Waals surface area contributed by atoms with Crippen molar-refractivity contribution in [3.8, 4) is 5.95 Å². The summed E-state index contributed by atoms with van der Waals surface area (Å²) in [7, 11) is 1.79. The van der Waals surface area contributed by atoms with Crippen molar-refractivity contribution in [2.75, 3.05) is 39.9 Å². The molecule has 6 nitrogen and oxygen atoms in total. The van der Waals surface area contributed by atoms with Crippen LogP contribution in [0.4, 0.5) is 0 Å². The van der Waals surface area contributed by atoms with Gasteiger partial charge in [-0.05, 0) is 67.5 Å². The van der Waals surface area contributed by atoms with Crippen LogP contribution in [0.15, 0.2) is 61.1 Å². The molecule has 1 fully saturated rings. The van der Waals surface area contributed by atoms with Gasteiger partial charge in [0, 0.05) is 63.6 Å². The fourth-order valence-electron chi connectivity index (χ4n) is 5.58. The van der Waals surface area contributed by atoms with Gasteiger partial charge in [-0.3, -0.25) is 14.4 Å². The van der Waals surface area contributed by atoms with E-state index in [2.05, 4.69) is 66.9 Å². The first-order valence-corrected chi connectivity index (χ1v) is 12.3. The highest BCUT2D eigenvalue weighted by Gasteiger charge is 2.31. The SMILES string of the molecule is COCCN(Cc1cccn1-c1ncccn1)C[C@@H]1CCCN(C2Cc3ccccc3C2)C1. The van der Waals surface area contributed by atoms with E-state index >= 15 is 0 Å². The number of benzene rings is 1. The molecule has 0 bridgehead atoms. The van der Waals surface area contributed by atoms with Crippen LogP contribution in [0.25, 0.3) is 5.95 Å². The maximum absolute atomic E-state index is 5.45. The van der Waals surface area contributed by atoms with Gasteiger partial charge in [0.15, 0.2) is 0 Å². The molecule has 1 aliphatic heterocycles. The van der Waals surface area contributed by atoms with Gasteiger partial charge in [-0.2, -0.15) is 0 Å². The van der Waals surface area contributed by atoms with E-state index in [9.17, 15) is 0 Å². The minimum Gasteiger partial charge on any atom is -0.383 e. The topological polar surface area (TPSA) is 46.4 Å². The monoisotopic (exact) mass is 445 g/mol. The molecule has 5 rings (SSSR count). The molecule has 1 atom stereocenters.